The van der Waals surface area contributed by atoms with Crippen molar-refractivity contribution in [1.82, 2.24) is 0 Å². The van der Waals surface area contributed by atoms with Crippen molar-refractivity contribution in [2.45, 2.75) is 4.90 Å². The number of hydrogen-bond donors (Lipinski definition) is 2. The van der Waals surface area contributed by atoms with E-state index in [1.807, 2.05) is 0 Å². The van der Waals surface area contributed by atoms with Crippen LogP contribution in [0.2, 0.25) is 10.0 Å². The molecule has 1 rings (SSSR count). The molecule has 0 aliphatic carbocycles. The molecule has 1 aromatic rings. The SMILES string of the molecule is Nc1ccc(Cl)c(S)c1Cl. The first-order valence-electron chi connectivity index (χ1n) is 2.55. The second-order valence-electron chi connectivity index (χ2n) is 1.80. The normalized spacial score (nSPS) is 9.90. The number of rotatable bonds is 0. The van der Waals surface area contributed by atoms with E-state index in [9.17, 15) is 0 Å². The Labute approximate surface area is 74.5 Å². The lowest BCUT2D eigenvalue weighted by Crippen LogP contribution is -1.86. The molecule has 0 aliphatic rings. The van der Waals surface area contributed by atoms with Crippen LogP contribution in [0, 0.1) is 0 Å². The molecule has 0 saturated heterocycles. The van der Waals surface area contributed by atoms with Crippen LogP contribution in [0.1, 0.15) is 0 Å². The van der Waals surface area contributed by atoms with Crippen LogP contribution in [-0.2, 0) is 0 Å². The third-order valence-corrected chi connectivity index (χ3v) is 2.55. The molecule has 0 heterocycles. The highest BCUT2D eigenvalue weighted by molar-refractivity contribution is 7.80. The molecule has 0 saturated carbocycles. The highest BCUT2D eigenvalue weighted by Gasteiger charge is 2.03. The Hall–Kier alpha value is -0.0500. The minimum Gasteiger partial charge on any atom is -0.397 e. The van der Waals surface area contributed by atoms with Gasteiger partial charge in [0.1, 0.15) is 0 Å². The van der Waals surface area contributed by atoms with Gasteiger partial charge in [0.2, 0.25) is 0 Å². The summed E-state index contributed by atoms with van der Waals surface area (Å²) in [6, 6.07) is 3.30. The molecule has 54 valence electrons. The van der Waals surface area contributed by atoms with Crippen molar-refractivity contribution in [2.24, 2.45) is 0 Å². The Bertz CT molecular complexity index is 235. The molecule has 2 N–H and O–H groups in total. The fourth-order valence-corrected chi connectivity index (χ4v) is 1.13. The summed E-state index contributed by atoms with van der Waals surface area (Å²) in [4.78, 5) is 0.531. The Kier molecular flexibility index (Phi) is 2.34. The van der Waals surface area contributed by atoms with Crippen molar-refractivity contribution in [2.75, 3.05) is 5.73 Å². The van der Waals surface area contributed by atoms with Crippen molar-refractivity contribution in [1.29, 1.82) is 0 Å². The Morgan fingerprint density at radius 2 is 1.90 bits per heavy atom. The van der Waals surface area contributed by atoms with Gasteiger partial charge in [-0.15, -0.1) is 12.6 Å². The number of nitrogen functional groups attached to an aromatic ring is 1. The summed E-state index contributed by atoms with van der Waals surface area (Å²) in [6.45, 7) is 0. The zero-order valence-corrected chi connectivity index (χ0v) is 7.34. The maximum atomic E-state index is 5.70. The van der Waals surface area contributed by atoms with Crippen molar-refractivity contribution < 1.29 is 0 Å². The fraction of sp³-hybridized carbons (Fsp3) is 0. The van der Waals surface area contributed by atoms with E-state index in [4.69, 9.17) is 28.9 Å². The monoisotopic (exact) mass is 193 g/mol. The van der Waals surface area contributed by atoms with E-state index >= 15 is 0 Å². The van der Waals surface area contributed by atoms with Crippen LogP contribution in [0.4, 0.5) is 5.69 Å². The minimum absolute atomic E-state index is 0.413. The van der Waals surface area contributed by atoms with Crippen LogP contribution < -0.4 is 5.73 Å². The standard InChI is InChI=1S/C6H5Cl2NS/c7-3-1-2-4(9)5(8)6(3)10/h1-2,10H,9H2. The lowest BCUT2D eigenvalue weighted by Gasteiger charge is -2.01. The zero-order chi connectivity index (χ0) is 7.72. The van der Waals surface area contributed by atoms with Gasteiger partial charge in [0.05, 0.1) is 15.7 Å². The first kappa shape index (κ1) is 8.05. The van der Waals surface area contributed by atoms with Gasteiger partial charge in [-0.2, -0.15) is 0 Å². The number of benzene rings is 1. The van der Waals surface area contributed by atoms with Gasteiger partial charge in [0.15, 0.2) is 0 Å². The molecule has 0 amide bonds. The van der Waals surface area contributed by atoms with Gasteiger partial charge in [0, 0.05) is 4.90 Å². The van der Waals surface area contributed by atoms with Gasteiger partial charge in [-0.05, 0) is 12.1 Å². The topological polar surface area (TPSA) is 26.0 Å². The van der Waals surface area contributed by atoms with Crippen LogP contribution in [0.15, 0.2) is 17.0 Å². The van der Waals surface area contributed by atoms with Crippen LogP contribution >= 0.6 is 35.8 Å². The molecule has 0 unspecified atom stereocenters. The molecule has 1 nitrogen and oxygen atoms in total. The molecular formula is C6H5Cl2NS. The molecule has 0 atom stereocenters. The molecule has 0 fully saturated rings. The summed E-state index contributed by atoms with van der Waals surface area (Å²) in [7, 11) is 0. The summed E-state index contributed by atoms with van der Waals surface area (Å²) < 4.78 is 0. The largest absolute Gasteiger partial charge is 0.397 e. The Morgan fingerprint density at radius 3 is 2.40 bits per heavy atom. The molecule has 10 heavy (non-hydrogen) atoms. The summed E-state index contributed by atoms with van der Waals surface area (Å²) in [5.41, 5.74) is 5.95. The summed E-state index contributed by atoms with van der Waals surface area (Å²) in [5.74, 6) is 0. The van der Waals surface area contributed by atoms with E-state index in [2.05, 4.69) is 12.6 Å². The van der Waals surface area contributed by atoms with Crippen LogP contribution in [0.3, 0.4) is 0 Å². The molecule has 0 aliphatic heterocycles. The molecule has 0 bridgehead atoms. The average molecular weight is 194 g/mol. The first-order valence-corrected chi connectivity index (χ1v) is 3.75. The third-order valence-electron chi connectivity index (χ3n) is 1.10. The summed E-state index contributed by atoms with van der Waals surface area (Å²) in [6.07, 6.45) is 0. The van der Waals surface area contributed by atoms with Crippen molar-refractivity contribution in [3.05, 3.63) is 22.2 Å². The molecule has 0 aromatic heterocycles. The maximum Gasteiger partial charge on any atom is 0.0783 e. The third kappa shape index (κ3) is 1.34. The van der Waals surface area contributed by atoms with Gasteiger partial charge >= 0.3 is 0 Å². The summed E-state index contributed by atoms with van der Waals surface area (Å²) >= 11 is 15.4. The van der Waals surface area contributed by atoms with Crippen LogP contribution in [0.25, 0.3) is 0 Å². The van der Waals surface area contributed by atoms with E-state index in [-0.39, 0.29) is 0 Å². The number of hydrogen-bond acceptors (Lipinski definition) is 2. The smallest absolute Gasteiger partial charge is 0.0783 e. The predicted molar refractivity (Wildman–Crippen MR) is 48.1 cm³/mol. The molecular weight excluding hydrogens is 189 g/mol. The number of nitrogens with two attached hydrogens (primary N) is 1. The van der Waals surface area contributed by atoms with Crippen molar-refractivity contribution in [3.63, 3.8) is 0 Å². The number of thiol groups is 1. The highest BCUT2D eigenvalue weighted by Crippen LogP contribution is 2.32. The van der Waals surface area contributed by atoms with Crippen LogP contribution in [0.5, 0.6) is 0 Å². The van der Waals surface area contributed by atoms with E-state index in [0.29, 0.717) is 20.6 Å². The molecule has 0 radical (unpaired) electrons. The predicted octanol–water partition coefficient (Wildman–Crippen LogP) is 2.86. The second kappa shape index (κ2) is 2.91. The molecule has 4 heteroatoms. The van der Waals surface area contributed by atoms with Crippen molar-refractivity contribution in [3.8, 4) is 0 Å². The van der Waals surface area contributed by atoms with Crippen molar-refractivity contribution >= 4 is 41.5 Å². The molecule has 0 spiro atoms. The fourth-order valence-electron chi connectivity index (χ4n) is 0.557. The van der Waals surface area contributed by atoms with Gasteiger partial charge < -0.3 is 5.73 Å². The molecule has 1 aromatic carbocycles. The van der Waals surface area contributed by atoms with E-state index in [0.717, 1.165) is 0 Å². The highest BCUT2D eigenvalue weighted by atomic mass is 35.5. The van der Waals surface area contributed by atoms with Gasteiger partial charge in [-0.1, -0.05) is 23.2 Å². The van der Waals surface area contributed by atoms with Crippen LogP contribution in [-0.4, -0.2) is 0 Å². The van der Waals surface area contributed by atoms with E-state index < -0.39 is 0 Å². The van der Waals surface area contributed by atoms with E-state index in [1.54, 1.807) is 12.1 Å². The lowest BCUT2D eigenvalue weighted by molar-refractivity contribution is 1.47. The van der Waals surface area contributed by atoms with Gasteiger partial charge in [-0.25, -0.2) is 0 Å². The average Bonchev–Trinajstić information content (AvgIpc) is 1.93. The van der Waals surface area contributed by atoms with E-state index in [1.165, 1.54) is 0 Å². The minimum atomic E-state index is 0.413. The van der Waals surface area contributed by atoms with Gasteiger partial charge in [0.25, 0.3) is 0 Å². The maximum absolute atomic E-state index is 5.70. The Morgan fingerprint density at radius 1 is 1.30 bits per heavy atom. The van der Waals surface area contributed by atoms with Gasteiger partial charge in [-0.3, -0.25) is 0 Å². The lowest BCUT2D eigenvalue weighted by atomic mass is 10.3. The Balaban J connectivity index is 3.34. The number of halogens is 2. The second-order valence-corrected chi connectivity index (χ2v) is 3.03. The first-order chi connectivity index (χ1) is 4.63. The summed E-state index contributed by atoms with van der Waals surface area (Å²) in [5, 5.41) is 0.929. The zero-order valence-electron chi connectivity index (χ0n) is 4.94. The quantitative estimate of drug-likeness (QED) is 0.482. The number of anilines is 1.